The second kappa shape index (κ2) is 6.43. The molecule has 0 unspecified atom stereocenters. The number of anilines is 1. The molecular weight excluding hydrogens is 354 g/mol. The minimum Gasteiger partial charge on any atom is -0.354 e. The first-order valence-electron chi connectivity index (χ1n) is 9.31. The zero-order valence-corrected chi connectivity index (χ0v) is 15.6. The van der Waals surface area contributed by atoms with E-state index in [1.54, 1.807) is 6.07 Å². The molecule has 1 fully saturated rings. The fourth-order valence-corrected chi connectivity index (χ4v) is 3.84. The highest BCUT2D eigenvalue weighted by Crippen LogP contribution is 2.27. The van der Waals surface area contributed by atoms with E-state index in [0.717, 1.165) is 54.1 Å². The number of rotatable bonds is 2. The van der Waals surface area contributed by atoms with Gasteiger partial charge in [0.05, 0.1) is 16.6 Å². The van der Waals surface area contributed by atoms with Gasteiger partial charge >= 0.3 is 0 Å². The molecule has 0 radical (unpaired) electrons. The minimum absolute atomic E-state index is 0.370. The number of piperazine rings is 1. The van der Waals surface area contributed by atoms with Gasteiger partial charge in [0, 0.05) is 31.6 Å². The van der Waals surface area contributed by atoms with E-state index in [1.807, 2.05) is 40.8 Å². The van der Waals surface area contributed by atoms with Gasteiger partial charge < -0.3 is 9.80 Å². The summed E-state index contributed by atoms with van der Waals surface area (Å²) in [6.45, 7) is 3.91. The fraction of sp³-hybridized carbons (Fsp3) is 0.250. The number of nitrogens with two attached hydrogens (primary N) is 1. The molecule has 0 bridgehead atoms. The van der Waals surface area contributed by atoms with E-state index in [0.29, 0.717) is 11.2 Å². The summed E-state index contributed by atoms with van der Waals surface area (Å²) in [4.78, 5) is 26.6. The first-order chi connectivity index (χ1) is 13.7. The number of carbonyl (C=O) groups excluding carboxylic acids is 1. The maximum Gasteiger partial charge on any atom is 0.268 e. The van der Waals surface area contributed by atoms with E-state index in [-0.39, 0.29) is 5.91 Å². The van der Waals surface area contributed by atoms with Gasteiger partial charge in [-0.3, -0.25) is 14.6 Å². The first kappa shape index (κ1) is 16.9. The number of benzene rings is 1. The van der Waals surface area contributed by atoms with Gasteiger partial charge in [0.2, 0.25) is 0 Å². The Morgan fingerprint density at radius 3 is 2.61 bits per heavy atom. The van der Waals surface area contributed by atoms with Crippen molar-refractivity contribution >= 4 is 39.4 Å². The molecule has 1 aliphatic rings. The molecule has 1 saturated heterocycles. The summed E-state index contributed by atoms with van der Waals surface area (Å²) in [5, 5.41) is 0.868. The topological polar surface area (TPSA) is 91.8 Å². The van der Waals surface area contributed by atoms with Gasteiger partial charge in [0.15, 0.2) is 5.65 Å². The van der Waals surface area contributed by atoms with E-state index >= 15 is 0 Å². The third-order valence-corrected chi connectivity index (χ3v) is 5.41. The molecule has 0 aliphatic carbocycles. The van der Waals surface area contributed by atoms with E-state index in [1.165, 1.54) is 0 Å². The van der Waals surface area contributed by atoms with Crippen LogP contribution >= 0.6 is 0 Å². The number of hydrogen-bond acceptors (Lipinski definition) is 6. The molecule has 3 N–H and O–H groups in total. The molecule has 142 valence electrons. The molecule has 0 saturated carbocycles. The zero-order chi connectivity index (χ0) is 19.3. The van der Waals surface area contributed by atoms with Crippen LogP contribution in [0.1, 0.15) is 10.4 Å². The van der Waals surface area contributed by atoms with Gasteiger partial charge in [-0.05, 0) is 37.4 Å². The number of amides is 1. The van der Waals surface area contributed by atoms with Crippen LogP contribution in [0.15, 0.2) is 42.5 Å². The van der Waals surface area contributed by atoms with Crippen LogP contribution in [0.3, 0.4) is 0 Å². The van der Waals surface area contributed by atoms with E-state index in [2.05, 4.69) is 27.3 Å². The number of hydrazine groups is 1. The number of imidazole rings is 1. The quantitative estimate of drug-likeness (QED) is 0.313. The smallest absolute Gasteiger partial charge is 0.268 e. The molecule has 3 aromatic heterocycles. The fourth-order valence-electron chi connectivity index (χ4n) is 3.84. The van der Waals surface area contributed by atoms with E-state index < -0.39 is 0 Å². The second-order valence-corrected chi connectivity index (χ2v) is 7.16. The Labute approximate surface area is 161 Å². The average Bonchev–Trinajstić information content (AvgIpc) is 3.12. The molecule has 1 aromatic carbocycles. The molecule has 1 aliphatic heterocycles. The lowest BCUT2D eigenvalue weighted by Crippen LogP contribution is -2.44. The Morgan fingerprint density at radius 1 is 1.04 bits per heavy atom. The lowest BCUT2D eigenvalue weighted by atomic mass is 10.2. The summed E-state index contributed by atoms with van der Waals surface area (Å²) < 4.78 is 1.95. The van der Waals surface area contributed by atoms with Crippen molar-refractivity contribution in [2.45, 2.75) is 0 Å². The Morgan fingerprint density at radius 2 is 1.82 bits per heavy atom. The highest BCUT2D eigenvalue weighted by Gasteiger charge is 2.20. The van der Waals surface area contributed by atoms with Crippen molar-refractivity contribution in [3.05, 3.63) is 48.0 Å². The maximum absolute atomic E-state index is 12.4. The third-order valence-electron chi connectivity index (χ3n) is 5.41. The van der Waals surface area contributed by atoms with Gasteiger partial charge in [0.25, 0.3) is 5.91 Å². The number of hydrogen-bond donors (Lipinski definition) is 2. The number of carbonyl (C=O) groups is 1. The van der Waals surface area contributed by atoms with E-state index in [4.69, 9.17) is 10.8 Å². The normalized spacial score (nSPS) is 15.6. The lowest BCUT2D eigenvalue weighted by Gasteiger charge is -2.33. The van der Waals surface area contributed by atoms with Crippen LogP contribution in [-0.4, -0.2) is 58.4 Å². The number of nitrogen functional groups attached to an aromatic ring is 1. The standard InChI is InChI=1S/C20H21N7O/c1-25-8-10-26(11-9-25)17-7-6-13-12-14(20(28)24-21)19-22-15-4-2-3-5-16(15)27(19)18(13)23-17/h2-7,12H,8-11,21H2,1H3,(H,24,28). The Balaban J connectivity index is 1.79. The Hall–Kier alpha value is -3.23. The monoisotopic (exact) mass is 375 g/mol. The molecule has 8 heteroatoms. The summed E-state index contributed by atoms with van der Waals surface area (Å²) in [7, 11) is 2.14. The molecule has 8 nitrogen and oxygen atoms in total. The number of likely N-dealkylation sites (N-methyl/N-ethyl adjacent to an activating group) is 1. The van der Waals surface area contributed by atoms with Crippen LogP contribution in [-0.2, 0) is 0 Å². The van der Waals surface area contributed by atoms with Gasteiger partial charge in [-0.2, -0.15) is 0 Å². The molecule has 0 atom stereocenters. The molecule has 1 amide bonds. The molecule has 0 spiro atoms. The molecule has 4 heterocycles. The SMILES string of the molecule is CN1CCN(c2ccc3cc(C(=O)NN)c4nc5ccccc5n4c3n2)CC1. The summed E-state index contributed by atoms with van der Waals surface area (Å²) in [5.41, 5.74) is 5.72. The number of nitrogens with one attached hydrogen (secondary N) is 1. The number of para-hydroxylation sites is 2. The van der Waals surface area contributed by atoms with Crippen molar-refractivity contribution in [1.29, 1.82) is 0 Å². The van der Waals surface area contributed by atoms with Crippen molar-refractivity contribution in [3.8, 4) is 0 Å². The van der Waals surface area contributed by atoms with Crippen LogP contribution < -0.4 is 16.2 Å². The van der Waals surface area contributed by atoms with E-state index in [9.17, 15) is 4.79 Å². The third kappa shape index (κ3) is 2.57. The minimum atomic E-state index is -0.370. The second-order valence-electron chi connectivity index (χ2n) is 7.16. The van der Waals surface area contributed by atoms with Crippen molar-refractivity contribution in [1.82, 2.24) is 24.7 Å². The molecule has 4 aromatic rings. The van der Waals surface area contributed by atoms with Crippen molar-refractivity contribution < 1.29 is 4.79 Å². The summed E-state index contributed by atoms with van der Waals surface area (Å²) in [6, 6.07) is 13.6. The first-order valence-corrected chi connectivity index (χ1v) is 9.31. The lowest BCUT2D eigenvalue weighted by molar-refractivity contribution is 0.0955. The van der Waals surface area contributed by atoms with Crippen LogP contribution in [0.5, 0.6) is 0 Å². The predicted molar refractivity (Wildman–Crippen MR) is 109 cm³/mol. The van der Waals surface area contributed by atoms with Gasteiger partial charge in [-0.25, -0.2) is 15.8 Å². The van der Waals surface area contributed by atoms with Crippen molar-refractivity contribution in [2.24, 2.45) is 5.84 Å². The maximum atomic E-state index is 12.4. The summed E-state index contributed by atoms with van der Waals surface area (Å²) in [6.07, 6.45) is 0. The van der Waals surface area contributed by atoms with Crippen LogP contribution in [0.25, 0.3) is 27.7 Å². The van der Waals surface area contributed by atoms with Crippen LogP contribution in [0, 0.1) is 0 Å². The average molecular weight is 375 g/mol. The predicted octanol–water partition coefficient (Wildman–Crippen LogP) is 1.39. The largest absolute Gasteiger partial charge is 0.354 e. The number of aromatic nitrogens is 3. The van der Waals surface area contributed by atoms with Crippen LogP contribution in [0.2, 0.25) is 0 Å². The van der Waals surface area contributed by atoms with Crippen molar-refractivity contribution in [2.75, 3.05) is 38.1 Å². The number of pyridine rings is 2. The molecular formula is C20H21N7O. The highest BCUT2D eigenvalue weighted by molar-refractivity contribution is 6.05. The van der Waals surface area contributed by atoms with Gasteiger partial charge in [-0.15, -0.1) is 0 Å². The highest BCUT2D eigenvalue weighted by atomic mass is 16.2. The summed E-state index contributed by atoms with van der Waals surface area (Å²) in [5.74, 6) is 5.97. The Bertz CT molecular complexity index is 1210. The van der Waals surface area contributed by atoms with Gasteiger partial charge in [0.1, 0.15) is 11.5 Å². The molecule has 28 heavy (non-hydrogen) atoms. The Kier molecular flexibility index (Phi) is 3.88. The summed E-state index contributed by atoms with van der Waals surface area (Å²) >= 11 is 0. The van der Waals surface area contributed by atoms with Crippen LogP contribution in [0.4, 0.5) is 5.82 Å². The molecule has 5 rings (SSSR count). The van der Waals surface area contributed by atoms with Crippen molar-refractivity contribution in [3.63, 3.8) is 0 Å². The zero-order valence-electron chi connectivity index (χ0n) is 15.6. The van der Waals surface area contributed by atoms with Gasteiger partial charge in [-0.1, -0.05) is 12.1 Å². The number of nitrogens with zero attached hydrogens (tertiary/aromatic N) is 5. The number of fused-ring (bicyclic) bond motifs is 5.